The van der Waals surface area contributed by atoms with Crippen molar-refractivity contribution in [3.8, 4) is 0 Å². The molecule has 0 heterocycles. The summed E-state index contributed by atoms with van der Waals surface area (Å²) in [6, 6.07) is 0. The number of hydrogen-bond acceptors (Lipinski definition) is 8. The van der Waals surface area contributed by atoms with Gasteiger partial charge in [-0.2, -0.15) is 0 Å². The first-order valence-electron chi connectivity index (χ1n) is 21.8. The summed E-state index contributed by atoms with van der Waals surface area (Å²) >= 11 is 0. The summed E-state index contributed by atoms with van der Waals surface area (Å²) in [5, 5.41) is 0. The summed E-state index contributed by atoms with van der Waals surface area (Å²) < 4.78 is 32.7. The molecule has 3 N–H and O–H groups in total. The molecule has 10 heteroatoms. The summed E-state index contributed by atoms with van der Waals surface area (Å²) in [6.07, 6.45) is 42.1. The van der Waals surface area contributed by atoms with Crippen LogP contribution in [0.3, 0.4) is 0 Å². The summed E-state index contributed by atoms with van der Waals surface area (Å²) in [5.41, 5.74) is 5.34. The Labute approximate surface area is 325 Å². The number of hydrogen-bond donors (Lipinski definition) is 2. The number of esters is 2. The number of nitrogens with two attached hydrogens (primary N) is 1. The maximum Gasteiger partial charge on any atom is 0.472 e. The van der Waals surface area contributed by atoms with Crippen LogP contribution in [0.15, 0.2) is 24.3 Å². The first-order valence-corrected chi connectivity index (χ1v) is 23.3. The van der Waals surface area contributed by atoms with Crippen molar-refractivity contribution < 1.29 is 37.6 Å². The highest BCUT2D eigenvalue weighted by atomic mass is 31.2. The molecule has 0 spiro atoms. The van der Waals surface area contributed by atoms with Crippen molar-refractivity contribution in [3.05, 3.63) is 24.3 Å². The number of allylic oxidation sites excluding steroid dienone is 4. The van der Waals surface area contributed by atoms with Crippen molar-refractivity contribution in [2.45, 2.75) is 213 Å². The van der Waals surface area contributed by atoms with Gasteiger partial charge in [0.05, 0.1) is 13.2 Å². The average Bonchev–Trinajstić information content (AvgIpc) is 3.14. The molecule has 0 aromatic carbocycles. The van der Waals surface area contributed by atoms with Gasteiger partial charge in [0.2, 0.25) is 0 Å². The first-order chi connectivity index (χ1) is 25.8. The topological polar surface area (TPSA) is 134 Å². The second kappa shape index (κ2) is 40.2. The fourth-order valence-electron chi connectivity index (χ4n) is 6.04. The molecular weight excluding hydrogens is 689 g/mol. The van der Waals surface area contributed by atoms with E-state index in [0.29, 0.717) is 6.42 Å². The molecule has 0 aromatic rings. The van der Waals surface area contributed by atoms with Crippen molar-refractivity contribution in [2.24, 2.45) is 5.73 Å². The van der Waals surface area contributed by atoms with Gasteiger partial charge in [-0.3, -0.25) is 18.6 Å². The van der Waals surface area contributed by atoms with Gasteiger partial charge in [0.25, 0.3) is 0 Å². The van der Waals surface area contributed by atoms with Gasteiger partial charge in [-0.1, -0.05) is 154 Å². The van der Waals surface area contributed by atoms with Crippen LogP contribution in [0.4, 0.5) is 0 Å². The molecule has 0 saturated heterocycles. The summed E-state index contributed by atoms with van der Waals surface area (Å²) in [5.74, 6) is -0.851. The van der Waals surface area contributed by atoms with Gasteiger partial charge in [0, 0.05) is 19.4 Å². The maximum absolute atomic E-state index is 12.6. The molecule has 0 rings (SSSR count). The molecule has 0 amide bonds. The number of phosphoric ester groups is 1. The van der Waals surface area contributed by atoms with Gasteiger partial charge in [0.15, 0.2) is 6.10 Å². The van der Waals surface area contributed by atoms with Gasteiger partial charge in [-0.25, -0.2) is 4.57 Å². The highest BCUT2D eigenvalue weighted by Crippen LogP contribution is 2.43. The van der Waals surface area contributed by atoms with Crippen LogP contribution < -0.4 is 5.73 Å². The normalized spacial score (nSPS) is 13.5. The minimum Gasteiger partial charge on any atom is -0.462 e. The number of ether oxygens (including phenoxy) is 2. The smallest absolute Gasteiger partial charge is 0.462 e. The monoisotopic (exact) mass is 772 g/mol. The molecule has 1 unspecified atom stereocenters. The lowest BCUT2D eigenvalue weighted by atomic mass is 10.1. The maximum atomic E-state index is 12.6. The van der Waals surface area contributed by atoms with Crippen LogP contribution in [0.5, 0.6) is 0 Å². The Morgan fingerprint density at radius 3 is 1.40 bits per heavy atom. The van der Waals surface area contributed by atoms with E-state index in [-0.39, 0.29) is 38.6 Å². The summed E-state index contributed by atoms with van der Waals surface area (Å²) in [6.45, 7) is 3.71. The number of carbonyl (C=O) groups is 2. The van der Waals surface area contributed by atoms with E-state index >= 15 is 0 Å². The zero-order valence-electron chi connectivity index (χ0n) is 34.3. The lowest BCUT2D eigenvalue weighted by molar-refractivity contribution is -0.161. The van der Waals surface area contributed by atoms with E-state index in [9.17, 15) is 19.0 Å². The molecule has 0 radical (unpaired) electrons. The molecule has 0 aliphatic rings. The SMILES string of the molecule is CCCCCC/C=C/CCCCCCCCCCCC(=O)OC[C@H](COP(=O)(O)OCCN)OC(=O)CCCC/C=C/CCCCCCCCCCC. The van der Waals surface area contributed by atoms with Crippen LogP contribution >= 0.6 is 7.82 Å². The fraction of sp³-hybridized carbons (Fsp3) is 0.860. The Balaban J connectivity index is 4.16. The molecule has 0 saturated carbocycles. The average molecular weight is 772 g/mol. The number of unbranched alkanes of at least 4 members (excludes halogenated alkanes) is 24. The van der Waals surface area contributed by atoms with Gasteiger partial charge in [-0.05, 0) is 64.2 Å². The second-order valence-corrected chi connectivity index (χ2v) is 16.0. The number of rotatable bonds is 41. The summed E-state index contributed by atoms with van der Waals surface area (Å²) in [4.78, 5) is 34.8. The lowest BCUT2D eigenvalue weighted by Gasteiger charge is -2.19. The van der Waals surface area contributed by atoms with Crippen LogP contribution in [0.2, 0.25) is 0 Å². The van der Waals surface area contributed by atoms with E-state index in [4.69, 9.17) is 24.3 Å². The number of carbonyl (C=O) groups excluding carboxylic acids is 2. The molecular formula is C43H82NO8P. The molecule has 2 atom stereocenters. The van der Waals surface area contributed by atoms with Crippen LogP contribution in [0.1, 0.15) is 206 Å². The third-order valence-electron chi connectivity index (χ3n) is 9.31. The van der Waals surface area contributed by atoms with E-state index in [0.717, 1.165) is 38.5 Å². The Morgan fingerprint density at radius 1 is 0.547 bits per heavy atom. The molecule has 0 bridgehead atoms. The van der Waals surface area contributed by atoms with Gasteiger partial charge in [0.1, 0.15) is 6.61 Å². The predicted octanol–water partition coefficient (Wildman–Crippen LogP) is 12.4. The Kier molecular flexibility index (Phi) is 39.0. The van der Waals surface area contributed by atoms with Crippen LogP contribution in [0, 0.1) is 0 Å². The van der Waals surface area contributed by atoms with Crippen LogP contribution in [0.25, 0.3) is 0 Å². The Morgan fingerprint density at radius 2 is 0.925 bits per heavy atom. The van der Waals surface area contributed by atoms with E-state index in [1.807, 2.05) is 0 Å². The molecule has 0 aliphatic carbocycles. The Hall–Kier alpha value is -1.51. The molecule has 53 heavy (non-hydrogen) atoms. The predicted molar refractivity (Wildman–Crippen MR) is 220 cm³/mol. The van der Waals surface area contributed by atoms with E-state index in [1.165, 1.54) is 135 Å². The van der Waals surface area contributed by atoms with Crippen molar-refractivity contribution in [3.63, 3.8) is 0 Å². The van der Waals surface area contributed by atoms with Gasteiger partial charge >= 0.3 is 19.8 Å². The quantitative estimate of drug-likeness (QED) is 0.0269. The van der Waals surface area contributed by atoms with Crippen molar-refractivity contribution in [2.75, 3.05) is 26.4 Å². The fourth-order valence-corrected chi connectivity index (χ4v) is 6.80. The molecule has 9 nitrogen and oxygen atoms in total. The van der Waals surface area contributed by atoms with Crippen LogP contribution in [-0.2, 0) is 32.7 Å². The molecule has 312 valence electrons. The van der Waals surface area contributed by atoms with Crippen molar-refractivity contribution in [1.82, 2.24) is 0 Å². The zero-order valence-corrected chi connectivity index (χ0v) is 35.2. The third kappa shape index (κ3) is 40.0. The molecule has 0 aliphatic heterocycles. The van der Waals surface area contributed by atoms with E-state index < -0.39 is 26.5 Å². The third-order valence-corrected chi connectivity index (χ3v) is 10.3. The highest BCUT2D eigenvalue weighted by Gasteiger charge is 2.26. The van der Waals surface area contributed by atoms with Crippen LogP contribution in [-0.4, -0.2) is 49.3 Å². The van der Waals surface area contributed by atoms with E-state index in [1.54, 1.807) is 0 Å². The first kappa shape index (κ1) is 51.5. The zero-order chi connectivity index (χ0) is 38.9. The van der Waals surface area contributed by atoms with E-state index in [2.05, 4.69) is 38.2 Å². The number of phosphoric acid groups is 1. The molecule has 0 fully saturated rings. The van der Waals surface area contributed by atoms with Gasteiger partial charge in [-0.15, -0.1) is 0 Å². The van der Waals surface area contributed by atoms with Crippen molar-refractivity contribution in [1.29, 1.82) is 0 Å². The highest BCUT2D eigenvalue weighted by molar-refractivity contribution is 7.47. The standard InChI is InChI=1S/C43H82NO8P/c1-3-5-7-9-11-13-15-17-19-20-22-23-25-27-29-31-33-35-42(45)49-39-41(40-51-53(47,48)50-38-37-44)52-43(46)36-34-32-30-28-26-24-21-18-16-14-12-10-8-6-4-2/h13,15,26,28,41H,3-12,14,16-25,27,29-40,44H2,1-2H3,(H,47,48)/b15-13+,28-26+/t41-/m1/s1. The summed E-state index contributed by atoms with van der Waals surface area (Å²) in [7, 11) is -4.38. The minimum atomic E-state index is -4.38. The Bertz CT molecular complexity index is 928. The largest absolute Gasteiger partial charge is 0.472 e. The van der Waals surface area contributed by atoms with Gasteiger partial charge < -0.3 is 20.1 Å². The van der Waals surface area contributed by atoms with Crippen molar-refractivity contribution >= 4 is 19.8 Å². The lowest BCUT2D eigenvalue weighted by Crippen LogP contribution is -2.29. The molecule has 0 aromatic heterocycles. The minimum absolute atomic E-state index is 0.0514. The second-order valence-electron chi connectivity index (χ2n) is 14.6.